The van der Waals surface area contributed by atoms with Gasteiger partial charge in [0.05, 0.1) is 12.7 Å². The van der Waals surface area contributed by atoms with Crippen molar-refractivity contribution in [3.8, 4) is 0 Å². The molecule has 6 unspecified atom stereocenters. The van der Waals surface area contributed by atoms with E-state index in [1.807, 2.05) is 13.0 Å². The molecule has 1 fully saturated rings. The molecule has 0 aromatic rings. The molecule has 0 spiro atoms. The zero-order chi connectivity index (χ0) is 18.6. The van der Waals surface area contributed by atoms with Gasteiger partial charge in [-0.25, -0.2) is 0 Å². The molecule has 0 bridgehead atoms. The summed E-state index contributed by atoms with van der Waals surface area (Å²) in [7, 11) is 0. The Morgan fingerprint density at radius 3 is 2.48 bits per heavy atom. The molecule has 140 valence electrons. The molecule has 0 aromatic carbocycles. The lowest BCUT2D eigenvalue weighted by atomic mass is 9.65. The summed E-state index contributed by atoms with van der Waals surface area (Å²) in [5, 5.41) is 40.8. The normalized spacial score (nSPS) is 42.6. The first-order valence-corrected chi connectivity index (χ1v) is 9.26. The molecule has 3 rings (SSSR count). The Labute approximate surface area is 149 Å². The second kappa shape index (κ2) is 6.31. The van der Waals surface area contributed by atoms with E-state index in [1.54, 1.807) is 0 Å². The van der Waals surface area contributed by atoms with E-state index in [-0.39, 0.29) is 36.2 Å². The topological polar surface area (TPSA) is 98.0 Å². The fourth-order valence-electron chi connectivity index (χ4n) is 5.50. The van der Waals surface area contributed by atoms with E-state index in [4.69, 9.17) is 0 Å². The first kappa shape index (κ1) is 18.8. The van der Waals surface area contributed by atoms with Gasteiger partial charge in [0, 0.05) is 24.5 Å². The lowest BCUT2D eigenvalue weighted by molar-refractivity contribution is -0.117. The van der Waals surface area contributed by atoms with Crippen molar-refractivity contribution in [2.24, 2.45) is 22.7 Å². The highest BCUT2D eigenvalue weighted by molar-refractivity contribution is 5.98. The number of allylic oxidation sites excluding steroid dienone is 2. The van der Waals surface area contributed by atoms with Gasteiger partial charge in [0.25, 0.3) is 0 Å². The van der Waals surface area contributed by atoms with Crippen LogP contribution in [0.25, 0.3) is 0 Å². The summed E-state index contributed by atoms with van der Waals surface area (Å²) in [5.41, 5.74) is 1.38. The average molecular weight is 350 g/mol. The van der Waals surface area contributed by atoms with Gasteiger partial charge in [-0.2, -0.15) is 0 Å². The van der Waals surface area contributed by atoms with Crippen molar-refractivity contribution in [1.82, 2.24) is 0 Å². The van der Waals surface area contributed by atoms with Crippen molar-refractivity contribution in [3.05, 3.63) is 22.8 Å². The largest absolute Gasteiger partial charge is 0.396 e. The standard InChI is InChI=1S/C20H30O5/c1-11(9-21)16-18(25)17(24)14-8-13-12(10-22)15(23)4-5-19(13,2)6-7-20(14,16)3/h8,11,16-18,21-22,24-25H,4-7,9-10H2,1-3H3. The average Bonchev–Trinajstić information content (AvgIpc) is 2.69. The summed E-state index contributed by atoms with van der Waals surface area (Å²) in [6.45, 7) is 5.74. The van der Waals surface area contributed by atoms with Crippen LogP contribution in [-0.4, -0.2) is 51.6 Å². The number of fused-ring (bicyclic) bond motifs is 2. The second-order valence-electron chi connectivity index (χ2n) is 8.67. The molecule has 5 nitrogen and oxygen atoms in total. The second-order valence-corrected chi connectivity index (χ2v) is 8.67. The minimum Gasteiger partial charge on any atom is -0.396 e. The van der Waals surface area contributed by atoms with E-state index < -0.39 is 17.6 Å². The maximum atomic E-state index is 12.3. The van der Waals surface area contributed by atoms with Crippen LogP contribution in [0.4, 0.5) is 0 Å². The number of hydrogen-bond acceptors (Lipinski definition) is 5. The Bertz CT molecular complexity index is 636. The van der Waals surface area contributed by atoms with Crippen molar-refractivity contribution in [2.75, 3.05) is 13.2 Å². The quantitative estimate of drug-likeness (QED) is 0.616. The van der Waals surface area contributed by atoms with Gasteiger partial charge in [0.2, 0.25) is 0 Å². The van der Waals surface area contributed by atoms with Gasteiger partial charge < -0.3 is 20.4 Å². The Kier molecular flexibility index (Phi) is 4.73. The van der Waals surface area contributed by atoms with E-state index in [1.165, 1.54) is 0 Å². The van der Waals surface area contributed by atoms with Crippen molar-refractivity contribution in [1.29, 1.82) is 0 Å². The van der Waals surface area contributed by atoms with Crippen LogP contribution in [0.5, 0.6) is 0 Å². The molecule has 0 heterocycles. The lowest BCUT2D eigenvalue weighted by Gasteiger charge is -2.39. The smallest absolute Gasteiger partial charge is 0.161 e. The van der Waals surface area contributed by atoms with Crippen LogP contribution in [0.3, 0.4) is 0 Å². The number of aliphatic hydroxyl groups excluding tert-OH is 4. The molecule has 1 saturated carbocycles. The fraction of sp³-hybridized carbons (Fsp3) is 0.750. The Hall–Kier alpha value is -1.01. The van der Waals surface area contributed by atoms with Crippen LogP contribution in [-0.2, 0) is 4.79 Å². The number of Topliss-reactive ketones (excluding diaryl/α,β-unsaturated/α-hetero) is 1. The van der Waals surface area contributed by atoms with Crippen molar-refractivity contribution >= 4 is 5.78 Å². The third-order valence-electron chi connectivity index (χ3n) is 7.18. The van der Waals surface area contributed by atoms with Crippen molar-refractivity contribution < 1.29 is 25.2 Å². The highest BCUT2D eigenvalue weighted by atomic mass is 16.3. The third kappa shape index (κ3) is 2.64. The van der Waals surface area contributed by atoms with Crippen molar-refractivity contribution in [3.63, 3.8) is 0 Å². The molecule has 0 amide bonds. The maximum absolute atomic E-state index is 12.3. The van der Waals surface area contributed by atoms with Crippen LogP contribution >= 0.6 is 0 Å². The fourth-order valence-corrected chi connectivity index (χ4v) is 5.50. The number of aliphatic hydroxyl groups is 4. The van der Waals surface area contributed by atoms with Gasteiger partial charge in [0.15, 0.2) is 5.78 Å². The Morgan fingerprint density at radius 1 is 1.20 bits per heavy atom. The van der Waals surface area contributed by atoms with Gasteiger partial charge in [-0.05, 0) is 47.2 Å². The third-order valence-corrected chi connectivity index (χ3v) is 7.18. The minimum atomic E-state index is -1.00. The first-order valence-electron chi connectivity index (χ1n) is 9.26. The predicted octanol–water partition coefficient (Wildman–Crippen LogP) is 1.35. The molecule has 3 aliphatic rings. The molecule has 6 atom stereocenters. The lowest BCUT2D eigenvalue weighted by Crippen LogP contribution is -2.37. The molecule has 25 heavy (non-hydrogen) atoms. The first-order chi connectivity index (χ1) is 11.7. The summed E-state index contributed by atoms with van der Waals surface area (Å²) < 4.78 is 0. The number of carbonyl (C=O) groups excluding carboxylic acids is 1. The van der Waals surface area contributed by atoms with Gasteiger partial charge in [-0.3, -0.25) is 4.79 Å². The summed E-state index contributed by atoms with van der Waals surface area (Å²) in [5.74, 6) is -0.401. The van der Waals surface area contributed by atoms with E-state index in [9.17, 15) is 25.2 Å². The predicted molar refractivity (Wildman–Crippen MR) is 93.6 cm³/mol. The van der Waals surface area contributed by atoms with Gasteiger partial charge in [-0.15, -0.1) is 0 Å². The van der Waals surface area contributed by atoms with E-state index in [0.717, 1.165) is 30.4 Å². The Morgan fingerprint density at radius 2 is 1.88 bits per heavy atom. The van der Waals surface area contributed by atoms with Gasteiger partial charge in [-0.1, -0.05) is 26.8 Å². The van der Waals surface area contributed by atoms with Crippen LogP contribution in [0.1, 0.15) is 46.5 Å². The van der Waals surface area contributed by atoms with Gasteiger partial charge >= 0.3 is 0 Å². The number of carbonyl (C=O) groups is 1. The van der Waals surface area contributed by atoms with Crippen LogP contribution in [0.2, 0.25) is 0 Å². The molecular weight excluding hydrogens is 320 g/mol. The molecule has 4 N–H and O–H groups in total. The highest BCUT2D eigenvalue weighted by Crippen LogP contribution is 2.59. The SMILES string of the molecule is CC(CO)C1C(O)C(O)C2=CC3=C(CO)C(=O)CCC3(C)CCC21C. The maximum Gasteiger partial charge on any atom is 0.161 e. The number of ketones is 1. The zero-order valence-corrected chi connectivity index (χ0v) is 15.3. The molecule has 0 saturated heterocycles. The monoisotopic (exact) mass is 350 g/mol. The van der Waals surface area contributed by atoms with Crippen LogP contribution in [0, 0.1) is 22.7 Å². The summed E-state index contributed by atoms with van der Waals surface area (Å²) in [6.07, 6.45) is 2.73. The Balaban J connectivity index is 2.18. The summed E-state index contributed by atoms with van der Waals surface area (Å²) >= 11 is 0. The van der Waals surface area contributed by atoms with Gasteiger partial charge in [0.1, 0.15) is 6.10 Å². The molecule has 3 aliphatic carbocycles. The van der Waals surface area contributed by atoms with Crippen LogP contribution in [0.15, 0.2) is 22.8 Å². The number of hydrogen-bond donors (Lipinski definition) is 4. The molecule has 0 aromatic heterocycles. The van der Waals surface area contributed by atoms with E-state index in [2.05, 4.69) is 13.8 Å². The van der Waals surface area contributed by atoms with E-state index in [0.29, 0.717) is 12.0 Å². The highest BCUT2D eigenvalue weighted by Gasteiger charge is 2.57. The minimum absolute atomic E-state index is 0.0243. The van der Waals surface area contributed by atoms with Crippen LogP contribution < -0.4 is 0 Å². The van der Waals surface area contributed by atoms with Crippen molar-refractivity contribution in [2.45, 2.75) is 58.7 Å². The number of rotatable bonds is 3. The molecular formula is C20H30O5. The molecule has 5 heteroatoms. The summed E-state index contributed by atoms with van der Waals surface area (Å²) in [6, 6.07) is 0. The summed E-state index contributed by atoms with van der Waals surface area (Å²) in [4.78, 5) is 12.3. The molecule has 0 aliphatic heterocycles. The van der Waals surface area contributed by atoms with E-state index >= 15 is 0 Å². The zero-order valence-electron chi connectivity index (χ0n) is 15.3. The molecule has 0 radical (unpaired) electrons.